The van der Waals surface area contributed by atoms with Crippen molar-refractivity contribution in [2.75, 3.05) is 0 Å². The van der Waals surface area contributed by atoms with Gasteiger partial charge in [0.15, 0.2) is 5.60 Å². The molecule has 1 amide bonds. The van der Waals surface area contributed by atoms with E-state index in [0.717, 1.165) is 0 Å². The van der Waals surface area contributed by atoms with Crippen molar-refractivity contribution < 1.29 is 23.1 Å². The molecule has 16 heavy (non-hydrogen) atoms. The Labute approximate surface area is 91.0 Å². The minimum atomic E-state index is -4.65. The summed E-state index contributed by atoms with van der Waals surface area (Å²) in [6, 6.07) is -0.667. The number of halogens is 3. The second-order valence-electron chi connectivity index (χ2n) is 3.82. The number of carbonyl (C=O) groups is 1. The summed E-state index contributed by atoms with van der Waals surface area (Å²) < 4.78 is 37.2. The van der Waals surface area contributed by atoms with E-state index in [9.17, 15) is 23.1 Å². The number of hydrogen-bond acceptors (Lipinski definition) is 2. The molecule has 0 aliphatic heterocycles. The molecule has 0 aromatic rings. The lowest BCUT2D eigenvalue weighted by Gasteiger charge is -2.25. The molecule has 0 spiro atoms. The van der Waals surface area contributed by atoms with Crippen molar-refractivity contribution in [2.24, 2.45) is 0 Å². The molecule has 2 atom stereocenters. The SMILES string of the molecule is CC#CC(=O)NC1CCC(O)(C(F)(F)F)C1. The van der Waals surface area contributed by atoms with Gasteiger partial charge in [-0.15, -0.1) is 0 Å². The number of hydrogen-bond donors (Lipinski definition) is 2. The summed E-state index contributed by atoms with van der Waals surface area (Å²) in [6.45, 7) is 1.46. The minimum Gasteiger partial charge on any atom is -0.380 e. The molecular weight excluding hydrogens is 223 g/mol. The third kappa shape index (κ3) is 2.67. The maximum Gasteiger partial charge on any atom is 0.417 e. The van der Waals surface area contributed by atoms with Crippen LogP contribution < -0.4 is 5.32 Å². The summed E-state index contributed by atoms with van der Waals surface area (Å²) in [4.78, 5) is 11.0. The number of nitrogens with one attached hydrogen (secondary N) is 1. The molecule has 1 saturated carbocycles. The Kier molecular flexibility index (Phi) is 3.48. The molecule has 1 aliphatic rings. The molecule has 1 fully saturated rings. The number of amides is 1. The Morgan fingerprint density at radius 2 is 2.19 bits per heavy atom. The van der Waals surface area contributed by atoms with Crippen LogP contribution >= 0.6 is 0 Å². The van der Waals surface area contributed by atoms with Crippen LogP contribution in [0, 0.1) is 11.8 Å². The van der Waals surface area contributed by atoms with Crippen molar-refractivity contribution in [3.63, 3.8) is 0 Å². The van der Waals surface area contributed by atoms with Gasteiger partial charge in [-0.3, -0.25) is 4.79 Å². The van der Waals surface area contributed by atoms with Crippen LogP contribution in [0.1, 0.15) is 26.2 Å². The Morgan fingerprint density at radius 3 is 2.62 bits per heavy atom. The maximum atomic E-state index is 12.4. The van der Waals surface area contributed by atoms with Crippen LogP contribution in [0.2, 0.25) is 0 Å². The Morgan fingerprint density at radius 1 is 1.56 bits per heavy atom. The van der Waals surface area contributed by atoms with E-state index in [2.05, 4.69) is 17.2 Å². The predicted octanol–water partition coefficient (Wildman–Crippen LogP) is 0.972. The molecule has 0 bridgehead atoms. The van der Waals surface area contributed by atoms with Crippen molar-refractivity contribution >= 4 is 5.91 Å². The second kappa shape index (κ2) is 4.34. The van der Waals surface area contributed by atoms with E-state index in [1.807, 2.05) is 0 Å². The Balaban J connectivity index is 2.58. The number of aliphatic hydroxyl groups is 1. The van der Waals surface area contributed by atoms with E-state index in [0.29, 0.717) is 0 Å². The highest BCUT2D eigenvalue weighted by Gasteiger charge is 2.57. The Hall–Kier alpha value is -1.22. The highest BCUT2D eigenvalue weighted by Crippen LogP contribution is 2.42. The zero-order chi connectivity index (χ0) is 12.4. The van der Waals surface area contributed by atoms with Gasteiger partial charge < -0.3 is 10.4 Å². The van der Waals surface area contributed by atoms with Gasteiger partial charge in [0.25, 0.3) is 5.91 Å². The third-order valence-electron chi connectivity index (χ3n) is 2.59. The van der Waals surface area contributed by atoms with Gasteiger partial charge in [-0.05, 0) is 25.7 Å². The van der Waals surface area contributed by atoms with Crippen molar-refractivity contribution in [1.29, 1.82) is 0 Å². The fourth-order valence-corrected chi connectivity index (χ4v) is 1.74. The average Bonchev–Trinajstić information content (AvgIpc) is 2.48. The standard InChI is InChI=1S/C10H12F3NO2/c1-2-3-8(15)14-7-4-5-9(16,6-7)10(11,12)13/h7,16H,4-6H2,1H3,(H,14,15). The molecule has 2 N–H and O–H groups in total. The fourth-order valence-electron chi connectivity index (χ4n) is 1.74. The van der Waals surface area contributed by atoms with E-state index >= 15 is 0 Å². The van der Waals surface area contributed by atoms with Crippen molar-refractivity contribution in [2.45, 2.75) is 44.0 Å². The lowest BCUT2D eigenvalue weighted by molar-refractivity contribution is -0.257. The Bertz CT molecular complexity index is 342. The summed E-state index contributed by atoms with van der Waals surface area (Å²) in [7, 11) is 0. The van der Waals surface area contributed by atoms with Crippen molar-refractivity contribution in [3.05, 3.63) is 0 Å². The molecule has 0 radical (unpaired) electrons. The van der Waals surface area contributed by atoms with Gasteiger partial charge in [-0.25, -0.2) is 0 Å². The third-order valence-corrected chi connectivity index (χ3v) is 2.59. The maximum absolute atomic E-state index is 12.4. The van der Waals surface area contributed by atoms with Gasteiger partial charge in [0.1, 0.15) is 0 Å². The quantitative estimate of drug-likeness (QED) is 0.665. The van der Waals surface area contributed by atoms with Crippen LogP contribution in [-0.2, 0) is 4.79 Å². The average molecular weight is 235 g/mol. The first kappa shape index (κ1) is 12.8. The molecule has 6 heteroatoms. The smallest absolute Gasteiger partial charge is 0.380 e. The van der Waals surface area contributed by atoms with Gasteiger partial charge >= 0.3 is 6.18 Å². The zero-order valence-corrected chi connectivity index (χ0v) is 8.69. The van der Waals surface area contributed by atoms with Crippen LogP contribution in [0.15, 0.2) is 0 Å². The van der Waals surface area contributed by atoms with Gasteiger partial charge in [-0.2, -0.15) is 13.2 Å². The lowest BCUT2D eigenvalue weighted by Crippen LogP contribution is -2.44. The highest BCUT2D eigenvalue weighted by molar-refractivity contribution is 5.93. The number of carbonyl (C=O) groups excluding carboxylic acids is 1. The summed E-state index contributed by atoms with van der Waals surface area (Å²) in [5, 5.41) is 11.7. The van der Waals surface area contributed by atoms with E-state index in [-0.39, 0.29) is 12.8 Å². The van der Waals surface area contributed by atoms with Gasteiger partial charge in [0.2, 0.25) is 0 Å². The first-order valence-corrected chi connectivity index (χ1v) is 4.81. The molecule has 3 nitrogen and oxygen atoms in total. The predicted molar refractivity (Wildman–Crippen MR) is 50.2 cm³/mol. The number of alkyl halides is 3. The number of rotatable bonds is 1. The van der Waals surface area contributed by atoms with Crippen LogP contribution in [0.3, 0.4) is 0 Å². The highest BCUT2D eigenvalue weighted by atomic mass is 19.4. The van der Waals surface area contributed by atoms with E-state index < -0.39 is 30.1 Å². The summed E-state index contributed by atoms with van der Waals surface area (Å²) in [5.41, 5.74) is -2.68. The van der Waals surface area contributed by atoms with Crippen LogP contribution in [0.4, 0.5) is 13.2 Å². The first-order valence-electron chi connectivity index (χ1n) is 4.81. The monoisotopic (exact) mass is 235 g/mol. The summed E-state index contributed by atoms with van der Waals surface area (Å²) >= 11 is 0. The van der Waals surface area contributed by atoms with Crippen LogP contribution in [0.5, 0.6) is 0 Å². The van der Waals surface area contributed by atoms with Crippen molar-refractivity contribution in [1.82, 2.24) is 5.32 Å². The molecule has 1 aliphatic carbocycles. The zero-order valence-electron chi connectivity index (χ0n) is 8.69. The second-order valence-corrected chi connectivity index (χ2v) is 3.82. The first-order chi connectivity index (χ1) is 7.28. The molecule has 1 rings (SSSR count). The van der Waals surface area contributed by atoms with Gasteiger partial charge in [0, 0.05) is 12.5 Å². The minimum absolute atomic E-state index is 0.104. The molecule has 0 heterocycles. The van der Waals surface area contributed by atoms with E-state index in [4.69, 9.17) is 0 Å². The van der Waals surface area contributed by atoms with Gasteiger partial charge in [0.05, 0.1) is 0 Å². The molecule has 0 aromatic carbocycles. The van der Waals surface area contributed by atoms with Crippen molar-refractivity contribution in [3.8, 4) is 11.8 Å². The normalized spacial score (nSPS) is 29.4. The van der Waals surface area contributed by atoms with Crippen LogP contribution in [0.25, 0.3) is 0 Å². The van der Waals surface area contributed by atoms with E-state index in [1.165, 1.54) is 6.92 Å². The molecule has 0 saturated heterocycles. The fraction of sp³-hybridized carbons (Fsp3) is 0.700. The molecular formula is C10H12F3NO2. The van der Waals surface area contributed by atoms with E-state index in [1.54, 1.807) is 0 Å². The topological polar surface area (TPSA) is 49.3 Å². The molecule has 2 unspecified atom stereocenters. The summed E-state index contributed by atoms with van der Waals surface area (Å²) in [5.74, 6) is 3.91. The summed E-state index contributed by atoms with van der Waals surface area (Å²) in [6.07, 6.45) is -5.44. The molecule has 90 valence electrons. The molecule has 0 aromatic heterocycles. The lowest BCUT2D eigenvalue weighted by atomic mass is 10.0. The van der Waals surface area contributed by atoms with Crippen LogP contribution in [-0.4, -0.2) is 28.8 Å². The van der Waals surface area contributed by atoms with Gasteiger partial charge in [-0.1, -0.05) is 5.92 Å². The largest absolute Gasteiger partial charge is 0.417 e.